The van der Waals surface area contributed by atoms with E-state index in [1.807, 2.05) is 12.1 Å². The quantitative estimate of drug-likeness (QED) is 0.764. The maximum atomic E-state index is 5.19. The van der Waals surface area contributed by atoms with Gasteiger partial charge < -0.3 is 10.1 Å². The van der Waals surface area contributed by atoms with Crippen LogP contribution in [0.4, 0.5) is 0 Å². The summed E-state index contributed by atoms with van der Waals surface area (Å²) in [5.74, 6) is 0.934. The van der Waals surface area contributed by atoms with Crippen molar-refractivity contribution in [3.63, 3.8) is 0 Å². The van der Waals surface area contributed by atoms with Gasteiger partial charge in [-0.3, -0.25) is 0 Å². The number of methoxy groups -OCH3 is 1. The average molecular weight is 263 g/mol. The highest BCUT2D eigenvalue weighted by molar-refractivity contribution is 5.27. The Morgan fingerprint density at radius 3 is 2.37 bits per heavy atom. The van der Waals surface area contributed by atoms with E-state index in [2.05, 4.69) is 45.1 Å². The van der Waals surface area contributed by atoms with E-state index in [-0.39, 0.29) is 0 Å². The number of nitrogens with one attached hydrogen (secondary N) is 1. The molecule has 0 saturated carbocycles. The molecule has 108 valence electrons. The summed E-state index contributed by atoms with van der Waals surface area (Å²) in [7, 11) is 1.71. The third kappa shape index (κ3) is 6.11. The van der Waals surface area contributed by atoms with Gasteiger partial charge >= 0.3 is 0 Å². The maximum Gasteiger partial charge on any atom is 0.118 e. The van der Waals surface area contributed by atoms with Crippen molar-refractivity contribution in [2.24, 2.45) is 5.41 Å². The lowest BCUT2D eigenvalue weighted by Gasteiger charge is -2.28. The van der Waals surface area contributed by atoms with Gasteiger partial charge in [-0.2, -0.15) is 0 Å². The largest absolute Gasteiger partial charge is 0.497 e. The fraction of sp³-hybridized carbons (Fsp3) is 0.647. The maximum absolute atomic E-state index is 5.19. The van der Waals surface area contributed by atoms with Gasteiger partial charge in [0, 0.05) is 6.04 Å². The molecular weight excluding hydrogens is 234 g/mol. The van der Waals surface area contributed by atoms with Gasteiger partial charge in [0.05, 0.1) is 7.11 Å². The van der Waals surface area contributed by atoms with Gasteiger partial charge in [-0.25, -0.2) is 0 Å². The molecule has 0 bridgehead atoms. The van der Waals surface area contributed by atoms with Crippen molar-refractivity contribution in [2.45, 2.75) is 53.0 Å². The zero-order valence-electron chi connectivity index (χ0n) is 13.1. The number of aryl methyl sites for hydroxylation is 1. The fourth-order valence-corrected chi connectivity index (χ4v) is 2.63. The Labute approximate surface area is 118 Å². The normalized spacial score (nSPS) is 13.3. The lowest BCUT2D eigenvalue weighted by Crippen LogP contribution is -2.31. The predicted molar refractivity (Wildman–Crippen MR) is 82.9 cm³/mol. The minimum atomic E-state index is 0.377. The first-order chi connectivity index (χ1) is 8.96. The Morgan fingerprint density at radius 2 is 1.84 bits per heavy atom. The molecule has 0 spiro atoms. The van der Waals surface area contributed by atoms with Crippen LogP contribution in [0.15, 0.2) is 24.3 Å². The molecule has 1 unspecified atom stereocenters. The molecule has 1 aromatic carbocycles. The van der Waals surface area contributed by atoms with Crippen LogP contribution in [-0.4, -0.2) is 19.7 Å². The van der Waals surface area contributed by atoms with Crippen molar-refractivity contribution >= 4 is 0 Å². The van der Waals surface area contributed by atoms with Crippen LogP contribution in [0.1, 0.15) is 46.1 Å². The summed E-state index contributed by atoms with van der Waals surface area (Å²) < 4.78 is 5.19. The van der Waals surface area contributed by atoms with Crippen LogP contribution >= 0.6 is 0 Å². The van der Waals surface area contributed by atoms with Crippen molar-refractivity contribution < 1.29 is 4.74 Å². The molecule has 0 amide bonds. The first-order valence-electron chi connectivity index (χ1n) is 7.33. The molecule has 0 heterocycles. The number of benzene rings is 1. The van der Waals surface area contributed by atoms with Gasteiger partial charge in [-0.05, 0) is 55.8 Å². The molecule has 0 aromatic heterocycles. The van der Waals surface area contributed by atoms with Gasteiger partial charge in [0.15, 0.2) is 0 Å². The molecule has 1 aromatic rings. The van der Waals surface area contributed by atoms with Gasteiger partial charge in [0.25, 0.3) is 0 Å². The van der Waals surface area contributed by atoms with E-state index in [1.165, 1.54) is 18.4 Å². The van der Waals surface area contributed by atoms with Crippen LogP contribution in [0, 0.1) is 5.41 Å². The predicted octanol–water partition coefficient (Wildman–Crippen LogP) is 4.04. The smallest absolute Gasteiger partial charge is 0.118 e. The van der Waals surface area contributed by atoms with Crippen LogP contribution in [-0.2, 0) is 6.42 Å². The van der Waals surface area contributed by atoms with Crippen LogP contribution in [0.3, 0.4) is 0 Å². The summed E-state index contributed by atoms with van der Waals surface area (Å²) in [6, 6.07) is 9.02. The minimum absolute atomic E-state index is 0.377. The first kappa shape index (κ1) is 16.0. The number of hydrogen-bond donors (Lipinski definition) is 1. The minimum Gasteiger partial charge on any atom is -0.497 e. The second kappa shape index (κ2) is 7.54. The standard InChI is InChI=1S/C17H29NO/c1-6-18-14(2)13-17(3,4)12-11-15-7-9-16(19-5)10-8-15/h7-10,14,18H,6,11-13H2,1-5H3. The summed E-state index contributed by atoms with van der Waals surface area (Å²) in [5.41, 5.74) is 1.77. The van der Waals surface area contributed by atoms with Crippen molar-refractivity contribution in [3.05, 3.63) is 29.8 Å². The lowest BCUT2D eigenvalue weighted by atomic mass is 9.81. The molecule has 2 heteroatoms. The summed E-state index contributed by atoms with van der Waals surface area (Å²) in [4.78, 5) is 0. The monoisotopic (exact) mass is 263 g/mol. The number of ether oxygens (including phenoxy) is 1. The highest BCUT2D eigenvalue weighted by Gasteiger charge is 2.20. The third-order valence-corrected chi connectivity index (χ3v) is 3.66. The highest BCUT2D eigenvalue weighted by atomic mass is 16.5. The molecule has 0 aliphatic rings. The molecule has 2 nitrogen and oxygen atoms in total. The van der Waals surface area contributed by atoms with Gasteiger partial charge in [0.1, 0.15) is 5.75 Å². The molecule has 1 N–H and O–H groups in total. The van der Waals surface area contributed by atoms with Crippen molar-refractivity contribution in [2.75, 3.05) is 13.7 Å². The van der Waals surface area contributed by atoms with Crippen molar-refractivity contribution in [1.82, 2.24) is 5.32 Å². The summed E-state index contributed by atoms with van der Waals surface area (Å²) in [6.07, 6.45) is 3.57. The Balaban J connectivity index is 2.44. The second-order valence-corrected chi connectivity index (χ2v) is 6.18. The molecule has 1 rings (SSSR count). The van der Waals surface area contributed by atoms with Crippen LogP contribution < -0.4 is 10.1 Å². The van der Waals surface area contributed by atoms with E-state index in [9.17, 15) is 0 Å². The Morgan fingerprint density at radius 1 is 1.21 bits per heavy atom. The van der Waals surface area contributed by atoms with Crippen LogP contribution in [0.2, 0.25) is 0 Å². The zero-order valence-corrected chi connectivity index (χ0v) is 13.1. The molecule has 19 heavy (non-hydrogen) atoms. The number of hydrogen-bond acceptors (Lipinski definition) is 2. The first-order valence-corrected chi connectivity index (χ1v) is 7.33. The molecule has 1 atom stereocenters. The van der Waals surface area contributed by atoms with Crippen LogP contribution in [0.25, 0.3) is 0 Å². The van der Waals surface area contributed by atoms with Crippen molar-refractivity contribution in [1.29, 1.82) is 0 Å². The van der Waals surface area contributed by atoms with E-state index in [4.69, 9.17) is 4.74 Å². The Bertz CT molecular complexity index is 356. The van der Waals surface area contributed by atoms with E-state index in [0.29, 0.717) is 11.5 Å². The zero-order chi connectivity index (χ0) is 14.3. The van der Waals surface area contributed by atoms with Crippen LogP contribution in [0.5, 0.6) is 5.75 Å². The van der Waals surface area contributed by atoms with Gasteiger partial charge in [0.2, 0.25) is 0 Å². The molecule has 0 saturated heterocycles. The van der Waals surface area contributed by atoms with E-state index >= 15 is 0 Å². The topological polar surface area (TPSA) is 21.3 Å². The van der Waals surface area contributed by atoms with E-state index < -0.39 is 0 Å². The summed E-state index contributed by atoms with van der Waals surface area (Å²) in [5, 5.41) is 3.50. The Kier molecular flexibility index (Phi) is 6.36. The highest BCUT2D eigenvalue weighted by Crippen LogP contribution is 2.28. The Hall–Kier alpha value is -1.02. The molecule has 0 fully saturated rings. The van der Waals surface area contributed by atoms with Gasteiger partial charge in [-0.1, -0.05) is 32.9 Å². The van der Waals surface area contributed by atoms with Crippen molar-refractivity contribution in [3.8, 4) is 5.75 Å². The molecule has 0 aliphatic heterocycles. The average Bonchev–Trinajstić information content (AvgIpc) is 2.37. The SMILES string of the molecule is CCNC(C)CC(C)(C)CCc1ccc(OC)cc1. The molecule has 0 radical (unpaired) electrons. The third-order valence-electron chi connectivity index (χ3n) is 3.66. The van der Waals surface area contributed by atoms with E-state index in [0.717, 1.165) is 18.7 Å². The van der Waals surface area contributed by atoms with Gasteiger partial charge in [-0.15, -0.1) is 0 Å². The summed E-state index contributed by atoms with van der Waals surface area (Å²) >= 11 is 0. The second-order valence-electron chi connectivity index (χ2n) is 6.18. The lowest BCUT2D eigenvalue weighted by molar-refractivity contribution is 0.270. The summed E-state index contributed by atoms with van der Waals surface area (Å²) in [6.45, 7) is 10.2. The number of rotatable bonds is 8. The van der Waals surface area contributed by atoms with E-state index in [1.54, 1.807) is 7.11 Å². The fourth-order valence-electron chi connectivity index (χ4n) is 2.63. The molecular formula is C17H29NO. The molecule has 0 aliphatic carbocycles.